The number of rotatable bonds is 1. The molecule has 0 aliphatic carbocycles. The van der Waals surface area contributed by atoms with Gasteiger partial charge in [-0.3, -0.25) is 9.67 Å². The number of hydrogen-bond donors (Lipinski definition) is 2. The van der Waals surface area contributed by atoms with Crippen LogP contribution in [-0.2, 0) is 6.54 Å². The van der Waals surface area contributed by atoms with Crippen molar-refractivity contribution >= 4 is 5.82 Å². The van der Waals surface area contributed by atoms with Gasteiger partial charge in [0.05, 0.1) is 12.3 Å². The minimum absolute atomic E-state index is 0.600. The third kappa shape index (κ3) is 1.18. The highest BCUT2D eigenvalue weighted by Gasteiger charge is 2.20. The Hall–Kier alpha value is -1.98. The number of H-pyrrole nitrogens is 1. The molecule has 0 unspecified atom stereocenters. The second-order valence-corrected chi connectivity index (χ2v) is 3.45. The molecule has 0 amide bonds. The zero-order valence-electron chi connectivity index (χ0n) is 8.10. The zero-order chi connectivity index (χ0) is 10.3. The van der Waals surface area contributed by atoms with E-state index in [0.717, 1.165) is 18.7 Å². The summed E-state index contributed by atoms with van der Waals surface area (Å²) in [5, 5.41) is 6.72. The summed E-state index contributed by atoms with van der Waals surface area (Å²) in [4.78, 5) is 4.34. The summed E-state index contributed by atoms with van der Waals surface area (Å²) in [6, 6.07) is 2.44. The van der Waals surface area contributed by atoms with E-state index < -0.39 is 0 Å². The Labute approximate surface area is 86.1 Å². The van der Waals surface area contributed by atoms with Crippen LogP contribution in [-0.4, -0.2) is 26.4 Å². The van der Waals surface area contributed by atoms with Crippen molar-refractivity contribution in [2.45, 2.75) is 13.0 Å². The Balaban J connectivity index is 2.13. The maximum Gasteiger partial charge on any atom is 0.298 e. The molecule has 0 aromatic carbocycles. The van der Waals surface area contributed by atoms with Crippen LogP contribution in [0.1, 0.15) is 6.42 Å². The SMILES string of the molecule is Nc1c(-c2ccn[nH]2)nc2n1CCCO2. The minimum atomic E-state index is 0.600. The third-order valence-corrected chi connectivity index (χ3v) is 2.48. The van der Waals surface area contributed by atoms with Crippen LogP contribution in [0.2, 0.25) is 0 Å². The first-order valence-electron chi connectivity index (χ1n) is 4.85. The molecule has 1 aliphatic heterocycles. The van der Waals surface area contributed by atoms with Gasteiger partial charge in [0, 0.05) is 12.7 Å². The van der Waals surface area contributed by atoms with Gasteiger partial charge in [-0.15, -0.1) is 0 Å². The molecule has 0 fully saturated rings. The molecule has 15 heavy (non-hydrogen) atoms. The van der Waals surface area contributed by atoms with E-state index in [1.165, 1.54) is 0 Å². The van der Waals surface area contributed by atoms with E-state index in [2.05, 4.69) is 15.2 Å². The molecule has 6 nitrogen and oxygen atoms in total. The quantitative estimate of drug-likeness (QED) is 0.715. The number of ether oxygens (including phenoxy) is 1. The van der Waals surface area contributed by atoms with Gasteiger partial charge in [0.15, 0.2) is 0 Å². The lowest BCUT2D eigenvalue weighted by molar-refractivity contribution is 0.232. The van der Waals surface area contributed by atoms with Crippen LogP contribution in [0.15, 0.2) is 12.3 Å². The molecule has 2 aromatic rings. The molecule has 0 saturated heterocycles. The minimum Gasteiger partial charge on any atom is -0.465 e. The molecule has 0 spiro atoms. The van der Waals surface area contributed by atoms with Crippen LogP contribution in [0.4, 0.5) is 5.82 Å². The van der Waals surface area contributed by atoms with Gasteiger partial charge < -0.3 is 10.5 Å². The standard InChI is InChI=1S/C9H11N5O/c10-8-7(6-2-3-11-13-6)12-9-14(8)4-1-5-15-9/h2-3H,1,4-5,10H2,(H,11,13). The van der Waals surface area contributed by atoms with E-state index in [-0.39, 0.29) is 0 Å². The maximum absolute atomic E-state index is 5.99. The Morgan fingerprint density at radius 2 is 2.47 bits per heavy atom. The van der Waals surface area contributed by atoms with Crippen LogP contribution in [0.3, 0.4) is 0 Å². The predicted molar refractivity (Wildman–Crippen MR) is 54.3 cm³/mol. The number of aromatic amines is 1. The fourth-order valence-corrected chi connectivity index (χ4v) is 1.74. The van der Waals surface area contributed by atoms with Crippen molar-refractivity contribution in [1.29, 1.82) is 0 Å². The zero-order valence-corrected chi connectivity index (χ0v) is 8.10. The number of hydrogen-bond acceptors (Lipinski definition) is 4. The average Bonchev–Trinajstić information content (AvgIpc) is 2.87. The van der Waals surface area contributed by atoms with Crippen molar-refractivity contribution in [3.63, 3.8) is 0 Å². The molecule has 0 atom stereocenters. The number of fused-ring (bicyclic) bond motifs is 1. The van der Waals surface area contributed by atoms with Gasteiger partial charge in [0.25, 0.3) is 6.01 Å². The number of nitrogens with zero attached hydrogens (tertiary/aromatic N) is 3. The smallest absolute Gasteiger partial charge is 0.298 e. The predicted octanol–water partition coefficient (Wildman–Crippen LogP) is 0.638. The van der Waals surface area contributed by atoms with E-state index in [1.807, 2.05) is 10.6 Å². The van der Waals surface area contributed by atoms with Crippen molar-refractivity contribution in [1.82, 2.24) is 19.7 Å². The summed E-state index contributed by atoms with van der Waals surface area (Å²) in [5.74, 6) is 0.633. The Morgan fingerprint density at radius 3 is 3.20 bits per heavy atom. The first-order valence-corrected chi connectivity index (χ1v) is 4.85. The van der Waals surface area contributed by atoms with Crippen LogP contribution in [0.5, 0.6) is 6.01 Å². The van der Waals surface area contributed by atoms with Crippen LogP contribution in [0.25, 0.3) is 11.4 Å². The Kier molecular flexibility index (Phi) is 1.67. The number of imidazole rings is 1. The van der Waals surface area contributed by atoms with Crippen molar-refractivity contribution in [2.24, 2.45) is 0 Å². The van der Waals surface area contributed by atoms with Gasteiger partial charge in [-0.05, 0) is 12.5 Å². The third-order valence-electron chi connectivity index (χ3n) is 2.48. The fourth-order valence-electron chi connectivity index (χ4n) is 1.74. The van der Waals surface area contributed by atoms with Gasteiger partial charge in [-0.2, -0.15) is 10.1 Å². The summed E-state index contributed by atoms with van der Waals surface area (Å²) >= 11 is 0. The largest absolute Gasteiger partial charge is 0.465 e. The molecule has 78 valence electrons. The van der Waals surface area contributed by atoms with Gasteiger partial charge >= 0.3 is 0 Å². The number of aromatic nitrogens is 4. The molecule has 3 rings (SSSR count). The van der Waals surface area contributed by atoms with Crippen molar-refractivity contribution < 1.29 is 4.74 Å². The molecule has 2 aromatic heterocycles. The first kappa shape index (κ1) is 8.34. The summed E-state index contributed by atoms with van der Waals surface area (Å²) < 4.78 is 7.31. The Bertz CT molecular complexity index is 473. The average molecular weight is 205 g/mol. The lowest BCUT2D eigenvalue weighted by Crippen LogP contribution is -2.15. The Morgan fingerprint density at radius 1 is 1.53 bits per heavy atom. The van der Waals surface area contributed by atoms with Gasteiger partial charge in [-0.25, -0.2) is 0 Å². The van der Waals surface area contributed by atoms with E-state index in [0.29, 0.717) is 24.1 Å². The lowest BCUT2D eigenvalue weighted by atomic mass is 10.3. The first-order chi connectivity index (χ1) is 7.36. The molecule has 1 aliphatic rings. The van der Waals surface area contributed by atoms with Gasteiger partial charge in [0.1, 0.15) is 11.5 Å². The highest BCUT2D eigenvalue weighted by Crippen LogP contribution is 2.30. The monoisotopic (exact) mass is 205 g/mol. The summed E-state index contributed by atoms with van der Waals surface area (Å²) in [5.41, 5.74) is 7.52. The second-order valence-electron chi connectivity index (χ2n) is 3.45. The van der Waals surface area contributed by atoms with Gasteiger partial charge in [0.2, 0.25) is 0 Å². The molecule has 3 heterocycles. The maximum atomic E-state index is 5.99. The number of nitrogens with two attached hydrogens (primary N) is 1. The molecule has 0 saturated carbocycles. The topological polar surface area (TPSA) is 81.8 Å². The van der Waals surface area contributed by atoms with E-state index in [4.69, 9.17) is 10.5 Å². The fraction of sp³-hybridized carbons (Fsp3) is 0.333. The summed E-state index contributed by atoms with van der Waals surface area (Å²) in [6.07, 6.45) is 2.64. The van der Waals surface area contributed by atoms with E-state index in [1.54, 1.807) is 6.20 Å². The number of nitrogens with one attached hydrogen (secondary N) is 1. The number of anilines is 1. The normalized spacial score (nSPS) is 14.7. The van der Waals surface area contributed by atoms with Gasteiger partial charge in [-0.1, -0.05) is 0 Å². The lowest BCUT2D eigenvalue weighted by Gasteiger charge is -2.14. The summed E-state index contributed by atoms with van der Waals surface area (Å²) in [7, 11) is 0. The van der Waals surface area contributed by atoms with Crippen molar-refractivity contribution in [2.75, 3.05) is 12.3 Å². The highest BCUT2D eigenvalue weighted by molar-refractivity contribution is 5.68. The van der Waals surface area contributed by atoms with Crippen molar-refractivity contribution in [3.8, 4) is 17.4 Å². The molecular weight excluding hydrogens is 194 g/mol. The highest BCUT2D eigenvalue weighted by atomic mass is 16.5. The second kappa shape index (κ2) is 3.01. The van der Waals surface area contributed by atoms with Crippen LogP contribution in [0, 0.1) is 0 Å². The molecular formula is C9H11N5O. The van der Waals surface area contributed by atoms with E-state index >= 15 is 0 Å². The molecule has 6 heteroatoms. The van der Waals surface area contributed by atoms with Crippen LogP contribution < -0.4 is 10.5 Å². The van der Waals surface area contributed by atoms with Crippen molar-refractivity contribution in [3.05, 3.63) is 12.3 Å². The molecule has 0 bridgehead atoms. The number of nitrogen functional groups attached to an aromatic ring is 1. The molecule has 0 radical (unpaired) electrons. The van der Waals surface area contributed by atoms with E-state index in [9.17, 15) is 0 Å². The summed E-state index contributed by atoms with van der Waals surface area (Å²) in [6.45, 7) is 1.57. The van der Waals surface area contributed by atoms with Crippen LogP contribution >= 0.6 is 0 Å². The molecule has 3 N–H and O–H groups in total.